The summed E-state index contributed by atoms with van der Waals surface area (Å²) >= 11 is 1.48. The standard InChI is InChI=1S/C17H19N3O3S/c1-5-24-17-18-11(3)8-14(20-17)15(21)19-12-7-6-10(2)13(9-12)16(22)23-4/h6-9H,5H2,1-4H3,(H,19,21). The number of esters is 1. The van der Waals surface area contributed by atoms with Gasteiger partial charge in [-0.1, -0.05) is 24.8 Å². The summed E-state index contributed by atoms with van der Waals surface area (Å²) in [7, 11) is 1.32. The van der Waals surface area contributed by atoms with E-state index in [4.69, 9.17) is 4.74 Å². The van der Waals surface area contributed by atoms with E-state index in [0.29, 0.717) is 22.1 Å². The zero-order valence-corrected chi connectivity index (χ0v) is 14.9. The highest BCUT2D eigenvalue weighted by Crippen LogP contribution is 2.18. The summed E-state index contributed by atoms with van der Waals surface area (Å²) in [6.07, 6.45) is 0. The fourth-order valence-electron chi connectivity index (χ4n) is 2.08. The van der Waals surface area contributed by atoms with E-state index in [1.54, 1.807) is 31.2 Å². The van der Waals surface area contributed by atoms with Crippen molar-refractivity contribution >= 4 is 29.3 Å². The molecule has 0 unspecified atom stereocenters. The molecule has 1 aromatic carbocycles. The van der Waals surface area contributed by atoms with Gasteiger partial charge in [0.05, 0.1) is 12.7 Å². The van der Waals surface area contributed by atoms with Crippen LogP contribution in [0.5, 0.6) is 0 Å². The predicted molar refractivity (Wildman–Crippen MR) is 93.6 cm³/mol. The Balaban J connectivity index is 2.25. The third-order valence-corrected chi connectivity index (χ3v) is 3.97. The lowest BCUT2D eigenvalue weighted by atomic mass is 10.1. The van der Waals surface area contributed by atoms with Crippen LogP contribution >= 0.6 is 11.8 Å². The average Bonchev–Trinajstić information content (AvgIpc) is 2.55. The molecule has 0 spiro atoms. The van der Waals surface area contributed by atoms with Crippen LogP contribution in [0.2, 0.25) is 0 Å². The first-order valence-electron chi connectivity index (χ1n) is 7.43. The molecule has 0 saturated heterocycles. The second-order valence-electron chi connectivity index (χ2n) is 5.09. The number of hydrogen-bond acceptors (Lipinski definition) is 6. The minimum absolute atomic E-state index is 0.290. The molecule has 1 amide bonds. The molecule has 1 heterocycles. The van der Waals surface area contributed by atoms with Gasteiger partial charge in [-0.3, -0.25) is 4.79 Å². The number of carbonyl (C=O) groups is 2. The van der Waals surface area contributed by atoms with Crippen molar-refractivity contribution in [3.8, 4) is 0 Å². The van der Waals surface area contributed by atoms with Crippen LogP contribution < -0.4 is 5.32 Å². The van der Waals surface area contributed by atoms with Crippen molar-refractivity contribution < 1.29 is 14.3 Å². The van der Waals surface area contributed by atoms with Crippen molar-refractivity contribution in [1.82, 2.24) is 9.97 Å². The Morgan fingerprint density at radius 2 is 1.96 bits per heavy atom. The maximum Gasteiger partial charge on any atom is 0.338 e. The van der Waals surface area contributed by atoms with Crippen molar-refractivity contribution in [2.24, 2.45) is 0 Å². The molecule has 2 aromatic rings. The molecule has 0 bridgehead atoms. The molecule has 0 aliphatic rings. The number of anilines is 1. The first kappa shape index (κ1) is 17.9. The molecule has 24 heavy (non-hydrogen) atoms. The van der Waals surface area contributed by atoms with E-state index in [-0.39, 0.29) is 5.91 Å². The van der Waals surface area contributed by atoms with E-state index in [0.717, 1.165) is 17.0 Å². The normalized spacial score (nSPS) is 10.3. The van der Waals surface area contributed by atoms with Crippen LogP contribution in [-0.2, 0) is 4.74 Å². The number of thioether (sulfide) groups is 1. The summed E-state index contributed by atoms with van der Waals surface area (Å²) in [5.41, 5.74) is 2.71. The number of hydrogen-bond donors (Lipinski definition) is 1. The quantitative estimate of drug-likeness (QED) is 0.509. The highest BCUT2D eigenvalue weighted by molar-refractivity contribution is 7.99. The Kier molecular flexibility index (Phi) is 5.92. The summed E-state index contributed by atoms with van der Waals surface area (Å²) in [5, 5.41) is 3.33. The number of aromatic nitrogens is 2. The van der Waals surface area contributed by atoms with Crippen molar-refractivity contribution in [2.75, 3.05) is 18.2 Å². The van der Waals surface area contributed by atoms with Gasteiger partial charge in [0, 0.05) is 11.4 Å². The fourth-order valence-corrected chi connectivity index (χ4v) is 2.71. The van der Waals surface area contributed by atoms with Crippen LogP contribution in [0.25, 0.3) is 0 Å². The maximum atomic E-state index is 12.4. The topological polar surface area (TPSA) is 81.2 Å². The minimum Gasteiger partial charge on any atom is -0.465 e. The summed E-state index contributed by atoms with van der Waals surface area (Å²) in [4.78, 5) is 32.7. The van der Waals surface area contributed by atoms with Gasteiger partial charge in [-0.05, 0) is 43.4 Å². The molecule has 0 aliphatic heterocycles. The number of aryl methyl sites for hydroxylation is 2. The zero-order valence-electron chi connectivity index (χ0n) is 14.0. The van der Waals surface area contributed by atoms with Crippen LogP contribution in [0.15, 0.2) is 29.4 Å². The first-order chi connectivity index (χ1) is 11.4. The first-order valence-corrected chi connectivity index (χ1v) is 8.42. The Bertz CT molecular complexity index is 778. The lowest BCUT2D eigenvalue weighted by Crippen LogP contribution is -2.15. The summed E-state index contributed by atoms with van der Waals surface area (Å²) in [6, 6.07) is 6.71. The van der Waals surface area contributed by atoms with Gasteiger partial charge < -0.3 is 10.1 Å². The number of methoxy groups -OCH3 is 1. The molecule has 126 valence electrons. The zero-order chi connectivity index (χ0) is 17.7. The lowest BCUT2D eigenvalue weighted by molar-refractivity contribution is 0.0599. The molecule has 2 rings (SSSR count). The Hall–Kier alpha value is -2.41. The van der Waals surface area contributed by atoms with E-state index >= 15 is 0 Å². The number of nitrogens with zero attached hydrogens (tertiary/aromatic N) is 2. The Morgan fingerprint density at radius 3 is 2.62 bits per heavy atom. The second kappa shape index (κ2) is 7.92. The molecule has 0 aliphatic carbocycles. The summed E-state index contributed by atoms with van der Waals surface area (Å²) < 4.78 is 4.75. The van der Waals surface area contributed by atoms with E-state index < -0.39 is 5.97 Å². The van der Waals surface area contributed by atoms with Gasteiger partial charge in [0.2, 0.25) is 0 Å². The molecule has 0 atom stereocenters. The molecule has 0 radical (unpaired) electrons. The van der Waals surface area contributed by atoms with E-state index in [9.17, 15) is 9.59 Å². The van der Waals surface area contributed by atoms with Crippen LogP contribution in [0.1, 0.15) is 39.0 Å². The molecule has 1 N–H and O–H groups in total. The molecular formula is C17H19N3O3S. The van der Waals surface area contributed by atoms with Crippen molar-refractivity contribution in [3.05, 3.63) is 46.8 Å². The highest BCUT2D eigenvalue weighted by Gasteiger charge is 2.14. The Morgan fingerprint density at radius 1 is 1.21 bits per heavy atom. The third-order valence-electron chi connectivity index (χ3n) is 3.24. The minimum atomic E-state index is -0.442. The van der Waals surface area contributed by atoms with Crippen LogP contribution in [0.3, 0.4) is 0 Å². The van der Waals surface area contributed by atoms with Crippen LogP contribution in [0.4, 0.5) is 5.69 Å². The summed E-state index contributed by atoms with van der Waals surface area (Å²) in [5.74, 6) is 0.0338. The van der Waals surface area contributed by atoms with Crippen molar-refractivity contribution in [2.45, 2.75) is 25.9 Å². The van der Waals surface area contributed by atoms with E-state index in [2.05, 4.69) is 15.3 Å². The smallest absolute Gasteiger partial charge is 0.338 e. The highest BCUT2D eigenvalue weighted by atomic mass is 32.2. The molecular weight excluding hydrogens is 326 g/mol. The molecule has 6 nitrogen and oxygen atoms in total. The number of amides is 1. The van der Waals surface area contributed by atoms with Gasteiger partial charge in [0.1, 0.15) is 5.69 Å². The number of nitrogens with one attached hydrogen (secondary N) is 1. The van der Waals surface area contributed by atoms with Crippen molar-refractivity contribution in [3.63, 3.8) is 0 Å². The van der Waals surface area contributed by atoms with Gasteiger partial charge in [-0.2, -0.15) is 0 Å². The number of ether oxygens (including phenoxy) is 1. The lowest BCUT2D eigenvalue weighted by Gasteiger charge is -2.09. The van der Waals surface area contributed by atoms with Crippen LogP contribution in [-0.4, -0.2) is 34.7 Å². The monoisotopic (exact) mass is 345 g/mol. The predicted octanol–water partition coefficient (Wildman–Crippen LogP) is 3.24. The van der Waals surface area contributed by atoms with Crippen LogP contribution in [0, 0.1) is 13.8 Å². The number of rotatable bonds is 5. The van der Waals surface area contributed by atoms with Gasteiger partial charge in [0.15, 0.2) is 5.16 Å². The SMILES string of the molecule is CCSc1nc(C)cc(C(=O)Nc2ccc(C)c(C(=O)OC)c2)n1. The van der Waals surface area contributed by atoms with Gasteiger partial charge in [-0.25, -0.2) is 14.8 Å². The van der Waals surface area contributed by atoms with Gasteiger partial charge in [-0.15, -0.1) is 0 Å². The Labute approximate surface area is 145 Å². The number of carbonyl (C=O) groups excluding carboxylic acids is 2. The van der Waals surface area contributed by atoms with E-state index in [1.165, 1.54) is 18.9 Å². The molecule has 0 saturated carbocycles. The number of benzene rings is 1. The second-order valence-corrected chi connectivity index (χ2v) is 6.32. The van der Waals surface area contributed by atoms with Gasteiger partial charge >= 0.3 is 5.97 Å². The average molecular weight is 345 g/mol. The maximum absolute atomic E-state index is 12.4. The third kappa shape index (κ3) is 4.32. The molecule has 0 fully saturated rings. The van der Waals surface area contributed by atoms with Crippen molar-refractivity contribution in [1.29, 1.82) is 0 Å². The van der Waals surface area contributed by atoms with Gasteiger partial charge in [0.25, 0.3) is 5.91 Å². The largest absolute Gasteiger partial charge is 0.465 e. The van der Waals surface area contributed by atoms with E-state index in [1.807, 2.05) is 13.8 Å². The summed E-state index contributed by atoms with van der Waals surface area (Å²) in [6.45, 7) is 5.62. The fraction of sp³-hybridized carbons (Fsp3) is 0.294. The molecule has 7 heteroatoms. The molecule has 1 aromatic heterocycles.